The van der Waals surface area contributed by atoms with Gasteiger partial charge in [0.2, 0.25) is 23.6 Å². The number of hydrogen-bond donors (Lipinski definition) is 4. The highest BCUT2D eigenvalue weighted by Gasteiger charge is 2.45. The Morgan fingerprint density at radius 2 is 1.56 bits per heavy atom. The number of likely N-dealkylation sites (tertiary alicyclic amines) is 2. The number of phenolic OH excluding ortho intramolecular Hbond substituents is 1. The SMILES string of the molecule is CC(C)[C@H](C(=O)N1C[C@H](O)C[C@H]1C(=O)N[C@@H](C)c1ccc(C#N)cc1)c1cc(N2CCC(C(=O)N3CCC(OC4CC(Oc5cc(N6C7CC[C@@H]6CN(c6cc(-c8ccccc8O)nnc6N)C7)ccn5)C4)CC3)CC2)no1. The minimum absolute atomic E-state index is 0.0251. The number of piperidine rings is 2. The fourth-order valence-corrected chi connectivity index (χ4v) is 12.6. The number of aromatic nitrogens is 4. The molecule has 5 N–H and O–H groups in total. The molecule has 5 aromatic rings. The summed E-state index contributed by atoms with van der Waals surface area (Å²) < 4.78 is 18.8. The molecule has 1 saturated carbocycles. The molecule has 20 heteroatoms. The molecule has 6 atom stereocenters. The lowest BCUT2D eigenvalue weighted by molar-refractivity contribution is -0.142. The van der Waals surface area contributed by atoms with Crippen molar-refractivity contribution < 1.29 is 38.6 Å². The van der Waals surface area contributed by atoms with Crippen LogP contribution in [0.4, 0.5) is 23.0 Å². The Morgan fingerprint density at radius 1 is 0.833 bits per heavy atom. The van der Waals surface area contributed by atoms with Gasteiger partial charge in [-0.05, 0) is 93.3 Å². The van der Waals surface area contributed by atoms with E-state index in [2.05, 4.69) is 58.6 Å². The van der Waals surface area contributed by atoms with E-state index < -0.39 is 18.1 Å². The molecule has 5 aliphatic heterocycles. The van der Waals surface area contributed by atoms with Crippen molar-refractivity contribution in [2.45, 2.75) is 133 Å². The summed E-state index contributed by atoms with van der Waals surface area (Å²) in [5.41, 5.74) is 10.9. The number of nitriles is 1. The van der Waals surface area contributed by atoms with Gasteiger partial charge in [-0.2, -0.15) is 5.26 Å². The smallest absolute Gasteiger partial charge is 0.243 e. The van der Waals surface area contributed by atoms with Crippen LogP contribution in [0.3, 0.4) is 0 Å². The van der Waals surface area contributed by atoms with Crippen LogP contribution in [0.15, 0.2) is 83.5 Å². The highest BCUT2D eigenvalue weighted by atomic mass is 16.5. The number of aliphatic hydroxyl groups excluding tert-OH is 1. The summed E-state index contributed by atoms with van der Waals surface area (Å²) in [6.07, 6.45) is 7.98. The number of anilines is 4. The first-order valence-electron chi connectivity index (χ1n) is 27.8. The van der Waals surface area contributed by atoms with Gasteiger partial charge in [0, 0.05) is 113 Å². The lowest BCUT2D eigenvalue weighted by Crippen LogP contribution is -2.54. The topological polar surface area (TPSA) is 253 Å². The van der Waals surface area contributed by atoms with Crippen molar-refractivity contribution in [3.05, 3.63) is 95.9 Å². The number of rotatable bonds is 15. The molecule has 410 valence electrons. The number of nitrogens with one attached hydrogen (secondary N) is 1. The fraction of sp³-hybridized carbons (Fsp3) is 0.517. The Hall–Kier alpha value is -7.50. The van der Waals surface area contributed by atoms with E-state index in [9.17, 15) is 24.6 Å². The number of benzene rings is 2. The number of amides is 3. The molecule has 0 spiro atoms. The lowest BCUT2D eigenvalue weighted by atomic mass is 9.91. The van der Waals surface area contributed by atoms with E-state index >= 15 is 0 Å². The predicted molar refractivity (Wildman–Crippen MR) is 290 cm³/mol. The fourth-order valence-electron chi connectivity index (χ4n) is 12.6. The van der Waals surface area contributed by atoms with Crippen LogP contribution in [0.2, 0.25) is 0 Å². The quantitative estimate of drug-likeness (QED) is 0.0944. The molecule has 3 aromatic heterocycles. The largest absolute Gasteiger partial charge is 0.507 e. The minimum Gasteiger partial charge on any atom is -0.507 e. The number of nitrogens with zero attached hydrogens (tertiary/aromatic N) is 10. The molecule has 2 bridgehead atoms. The average molecular weight is 1060 g/mol. The van der Waals surface area contributed by atoms with Crippen molar-refractivity contribution in [3.8, 4) is 29.0 Å². The Bertz CT molecular complexity index is 2990. The van der Waals surface area contributed by atoms with Gasteiger partial charge in [-0.15, -0.1) is 10.2 Å². The van der Waals surface area contributed by atoms with Crippen LogP contribution in [-0.2, 0) is 19.1 Å². The molecule has 0 radical (unpaired) electrons. The normalized spacial score (nSPS) is 24.4. The van der Waals surface area contributed by atoms with E-state index in [4.69, 9.17) is 25.0 Å². The molecule has 3 amide bonds. The zero-order valence-electron chi connectivity index (χ0n) is 44.6. The van der Waals surface area contributed by atoms with Crippen molar-refractivity contribution in [1.29, 1.82) is 5.26 Å². The molecular weight excluding hydrogens is 993 g/mol. The number of fused-ring (bicyclic) bond motifs is 2. The first kappa shape index (κ1) is 52.5. The number of carbonyl (C=O) groups excluding carboxylic acids is 3. The van der Waals surface area contributed by atoms with Crippen molar-refractivity contribution >= 4 is 40.7 Å². The van der Waals surface area contributed by atoms with Gasteiger partial charge >= 0.3 is 0 Å². The number of carbonyl (C=O) groups is 3. The third-order valence-corrected chi connectivity index (χ3v) is 17.0. The second-order valence-corrected chi connectivity index (χ2v) is 22.5. The number of para-hydroxylation sites is 1. The molecule has 1 unspecified atom stereocenters. The van der Waals surface area contributed by atoms with Crippen molar-refractivity contribution in [1.82, 2.24) is 35.5 Å². The standard InChI is InChI=1S/C58H70N12O8/c1-34(2)54(58(75)69-33-42(71)25-49(69)56(73)62-35(3)37-10-8-36(30-59)9-11-37)51-29-52(65-78-51)66-20-15-38(16-21-66)57(74)67-22-17-43(18-23-67)76-44-26-45(27-44)77-53-24-39(14-19-61-53)70-40-12-13-41(70)32-68(31-40)48-28-47(63-64-55(48)60)46-6-4-5-7-50(46)72/h4-11,14,19,24,28-29,34-35,38,40-45,49,54,71-72H,12-13,15-18,20-23,25-27,31-33H2,1-3H3,(H2,60,64)(H,62,73)/t35-,40+,41?,42+,44?,45?,49-,54-/m0/s1. The molecular formula is C58H70N12O8. The van der Waals surface area contributed by atoms with Crippen molar-refractivity contribution in [3.63, 3.8) is 0 Å². The molecule has 2 aromatic carbocycles. The summed E-state index contributed by atoms with van der Waals surface area (Å²) in [6.45, 7) is 9.85. The summed E-state index contributed by atoms with van der Waals surface area (Å²) in [7, 11) is 0. The number of ether oxygens (including phenoxy) is 2. The first-order valence-corrected chi connectivity index (χ1v) is 27.8. The molecule has 1 aliphatic carbocycles. The molecule has 20 nitrogen and oxygen atoms in total. The van der Waals surface area contributed by atoms with Gasteiger partial charge in [0.25, 0.3) is 0 Å². The third-order valence-electron chi connectivity index (χ3n) is 17.0. The van der Waals surface area contributed by atoms with E-state index in [1.54, 1.807) is 42.5 Å². The number of nitrogen functional groups attached to an aromatic ring is 1. The maximum atomic E-state index is 14.3. The van der Waals surface area contributed by atoms with Gasteiger partial charge in [0.1, 0.15) is 23.8 Å². The van der Waals surface area contributed by atoms with E-state index in [0.29, 0.717) is 79.1 Å². The number of nitrogens with two attached hydrogens (primary N) is 1. The van der Waals surface area contributed by atoms with Crippen molar-refractivity contribution in [2.24, 2.45) is 11.8 Å². The summed E-state index contributed by atoms with van der Waals surface area (Å²) in [6, 6.07) is 23.4. The zero-order chi connectivity index (χ0) is 54.2. The maximum Gasteiger partial charge on any atom is 0.243 e. The molecule has 11 rings (SSSR count). The third kappa shape index (κ3) is 11.0. The predicted octanol–water partition coefficient (Wildman–Crippen LogP) is 5.96. The molecule has 5 saturated heterocycles. The zero-order valence-corrected chi connectivity index (χ0v) is 44.6. The van der Waals surface area contributed by atoms with E-state index in [0.717, 1.165) is 68.6 Å². The number of β-amino-alcohol motifs (C(OH)–C–C–N with tert-alkyl or cyclic N) is 1. The Kier molecular flexibility index (Phi) is 15.1. The summed E-state index contributed by atoms with van der Waals surface area (Å²) >= 11 is 0. The second kappa shape index (κ2) is 22.5. The second-order valence-electron chi connectivity index (χ2n) is 22.5. The van der Waals surface area contributed by atoms with Crippen LogP contribution in [0.5, 0.6) is 11.6 Å². The molecule has 8 heterocycles. The number of aliphatic hydroxyl groups is 1. The summed E-state index contributed by atoms with van der Waals surface area (Å²) in [4.78, 5) is 56.7. The molecule has 78 heavy (non-hydrogen) atoms. The Morgan fingerprint density at radius 3 is 2.27 bits per heavy atom. The van der Waals surface area contributed by atoms with Gasteiger partial charge in [0.05, 0.1) is 47.4 Å². The monoisotopic (exact) mass is 1060 g/mol. The number of phenols is 1. The summed E-state index contributed by atoms with van der Waals surface area (Å²) in [5, 5.41) is 46.2. The van der Waals surface area contributed by atoms with Crippen LogP contribution in [0.1, 0.15) is 107 Å². The van der Waals surface area contributed by atoms with E-state index in [1.165, 1.54) is 4.90 Å². The van der Waals surface area contributed by atoms with Gasteiger partial charge in [0.15, 0.2) is 17.4 Å². The number of piperazine rings is 1. The van der Waals surface area contributed by atoms with E-state index in [-0.39, 0.29) is 84.7 Å². The Labute approximate surface area is 454 Å². The van der Waals surface area contributed by atoms with Gasteiger partial charge in [-0.1, -0.05) is 43.3 Å². The first-order chi connectivity index (χ1) is 37.8. The van der Waals surface area contributed by atoms with Crippen LogP contribution in [0, 0.1) is 23.2 Å². The van der Waals surface area contributed by atoms with E-state index in [1.807, 2.05) is 50.1 Å². The minimum atomic E-state index is -0.859. The maximum absolute atomic E-state index is 14.3. The highest BCUT2D eigenvalue weighted by molar-refractivity contribution is 5.91. The molecule has 6 fully saturated rings. The number of pyridine rings is 1. The van der Waals surface area contributed by atoms with Gasteiger partial charge < -0.3 is 59.8 Å². The number of aromatic hydroxyl groups is 1. The van der Waals surface area contributed by atoms with Crippen LogP contribution in [-0.4, -0.2) is 146 Å². The summed E-state index contributed by atoms with van der Waals surface area (Å²) in [5.74, 6) is 0.674. The van der Waals surface area contributed by atoms with Crippen LogP contribution < -0.4 is 30.5 Å². The van der Waals surface area contributed by atoms with Crippen LogP contribution in [0.25, 0.3) is 11.3 Å². The van der Waals surface area contributed by atoms with Crippen LogP contribution >= 0.6 is 0 Å². The Balaban J connectivity index is 0.609. The van der Waals surface area contributed by atoms with Gasteiger partial charge in [-0.25, -0.2) is 4.98 Å². The van der Waals surface area contributed by atoms with Gasteiger partial charge in [-0.3, -0.25) is 14.4 Å². The lowest BCUT2D eigenvalue weighted by Gasteiger charge is -2.43. The molecule has 6 aliphatic rings. The van der Waals surface area contributed by atoms with Crippen molar-refractivity contribution in [2.75, 3.05) is 66.2 Å². The number of hydrogen-bond acceptors (Lipinski definition) is 17. The highest BCUT2D eigenvalue weighted by Crippen LogP contribution is 2.41. The average Bonchev–Trinajstić information content (AvgIpc) is 4.31.